The number of carbonyl (C=O) groups excluding carboxylic acids is 2. The van der Waals surface area contributed by atoms with E-state index in [-0.39, 0.29) is 24.0 Å². The van der Waals surface area contributed by atoms with E-state index in [0.29, 0.717) is 10.9 Å². The third kappa shape index (κ3) is 2.86. The molecule has 0 saturated carbocycles. The molecule has 2 rings (SSSR count). The Balaban J connectivity index is 2.58. The number of aryl methyl sites for hydroxylation is 1. The zero-order valence-electron chi connectivity index (χ0n) is 12.0. The Morgan fingerprint density at radius 3 is 2.67 bits per heavy atom. The first-order chi connectivity index (χ1) is 9.97. The van der Waals surface area contributed by atoms with Crippen molar-refractivity contribution in [2.24, 2.45) is 7.05 Å². The van der Waals surface area contributed by atoms with Crippen LogP contribution in [-0.4, -0.2) is 35.9 Å². The number of rotatable bonds is 4. The highest BCUT2D eigenvalue weighted by atomic mass is 19.1. The Bertz CT molecular complexity index is 709. The second-order valence-electron chi connectivity index (χ2n) is 4.52. The molecule has 7 heteroatoms. The van der Waals surface area contributed by atoms with Crippen molar-refractivity contribution in [2.75, 3.05) is 14.2 Å². The Kier molecular flexibility index (Phi) is 4.21. The smallest absolute Gasteiger partial charge is 0.338 e. The number of nitrogens with zero attached hydrogens (tertiary/aromatic N) is 2. The first-order valence-corrected chi connectivity index (χ1v) is 6.27. The number of carbonyl (C=O) groups is 2. The summed E-state index contributed by atoms with van der Waals surface area (Å²) in [6.45, 7) is 0. The standard InChI is InChI=1S/C14H15FN2O4/c1-17-7-9-11(16-17)6-10(15)8(4-5-12(18)20-2)13(9)14(19)21-3/h6-7H,4-5H2,1-3H3. The molecule has 112 valence electrons. The summed E-state index contributed by atoms with van der Waals surface area (Å²) in [6, 6.07) is 1.24. The van der Waals surface area contributed by atoms with Gasteiger partial charge in [0.1, 0.15) is 5.82 Å². The van der Waals surface area contributed by atoms with Gasteiger partial charge < -0.3 is 9.47 Å². The summed E-state index contributed by atoms with van der Waals surface area (Å²) >= 11 is 0. The number of esters is 2. The zero-order valence-corrected chi connectivity index (χ0v) is 12.0. The van der Waals surface area contributed by atoms with E-state index in [1.807, 2.05) is 0 Å². The molecule has 0 spiro atoms. The maximum absolute atomic E-state index is 14.2. The van der Waals surface area contributed by atoms with E-state index in [1.54, 1.807) is 13.2 Å². The van der Waals surface area contributed by atoms with Gasteiger partial charge in [0.05, 0.1) is 25.3 Å². The van der Waals surface area contributed by atoms with Crippen molar-refractivity contribution in [3.8, 4) is 0 Å². The maximum Gasteiger partial charge on any atom is 0.338 e. The normalized spacial score (nSPS) is 10.7. The minimum atomic E-state index is -0.660. The average Bonchev–Trinajstić information content (AvgIpc) is 2.82. The van der Waals surface area contributed by atoms with E-state index in [0.717, 1.165) is 0 Å². The van der Waals surface area contributed by atoms with Crippen LogP contribution in [0.15, 0.2) is 12.3 Å². The number of aromatic nitrogens is 2. The number of ether oxygens (including phenoxy) is 2. The van der Waals surface area contributed by atoms with E-state index >= 15 is 0 Å². The zero-order chi connectivity index (χ0) is 15.6. The average molecular weight is 294 g/mol. The van der Waals surface area contributed by atoms with Crippen molar-refractivity contribution < 1.29 is 23.5 Å². The van der Waals surface area contributed by atoms with Crippen LogP contribution in [0.5, 0.6) is 0 Å². The van der Waals surface area contributed by atoms with Gasteiger partial charge in [0.25, 0.3) is 0 Å². The molecule has 0 fully saturated rings. The molecule has 6 nitrogen and oxygen atoms in total. The second kappa shape index (κ2) is 5.90. The van der Waals surface area contributed by atoms with Crippen molar-refractivity contribution in [2.45, 2.75) is 12.8 Å². The molecule has 0 amide bonds. The Morgan fingerprint density at radius 2 is 2.05 bits per heavy atom. The number of methoxy groups -OCH3 is 2. The summed E-state index contributed by atoms with van der Waals surface area (Å²) in [5.74, 6) is -1.73. The fraction of sp³-hybridized carbons (Fsp3) is 0.357. The SMILES string of the molecule is COC(=O)CCc1c(F)cc2nn(C)cc2c1C(=O)OC. The molecule has 0 aliphatic heterocycles. The molecule has 0 N–H and O–H groups in total. The summed E-state index contributed by atoms with van der Waals surface area (Å²) < 4.78 is 25.0. The predicted octanol–water partition coefficient (Wildman–Crippen LogP) is 1.60. The molecule has 1 aromatic heterocycles. The third-order valence-corrected chi connectivity index (χ3v) is 3.18. The lowest BCUT2D eigenvalue weighted by Crippen LogP contribution is -2.11. The van der Waals surface area contributed by atoms with Crippen LogP contribution >= 0.6 is 0 Å². The van der Waals surface area contributed by atoms with Gasteiger partial charge in [-0.3, -0.25) is 9.48 Å². The van der Waals surface area contributed by atoms with E-state index in [1.165, 1.54) is 25.0 Å². The molecule has 0 saturated heterocycles. The molecule has 0 unspecified atom stereocenters. The lowest BCUT2D eigenvalue weighted by atomic mass is 9.98. The minimum absolute atomic E-state index is 0.0246. The van der Waals surface area contributed by atoms with Gasteiger partial charge in [-0.25, -0.2) is 9.18 Å². The van der Waals surface area contributed by atoms with Crippen LogP contribution in [0.2, 0.25) is 0 Å². The topological polar surface area (TPSA) is 70.4 Å². The molecule has 1 heterocycles. The highest BCUT2D eigenvalue weighted by molar-refractivity contribution is 6.05. The lowest BCUT2D eigenvalue weighted by Gasteiger charge is -2.10. The van der Waals surface area contributed by atoms with Gasteiger partial charge in [0.2, 0.25) is 0 Å². The highest BCUT2D eigenvalue weighted by Gasteiger charge is 2.22. The minimum Gasteiger partial charge on any atom is -0.469 e. The lowest BCUT2D eigenvalue weighted by molar-refractivity contribution is -0.140. The van der Waals surface area contributed by atoms with E-state index in [9.17, 15) is 14.0 Å². The molecule has 21 heavy (non-hydrogen) atoms. The van der Waals surface area contributed by atoms with E-state index < -0.39 is 17.8 Å². The van der Waals surface area contributed by atoms with Crippen LogP contribution in [0.1, 0.15) is 22.3 Å². The molecular weight excluding hydrogens is 279 g/mol. The fourth-order valence-corrected chi connectivity index (χ4v) is 2.20. The Morgan fingerprint density at radius 1 is 1.33 bits per heavy atom. The number of hydrogen-bond acceptors (Lipinski definition) is 5. The van der Waals surface area contributed by atoms with Gasteiger partial charge in [-0.15, -0.1) is 0 Å². The first-order valence-electron chi connectivity index (χ1n) is 6.27. The molecule has 1 aromatic carbocycles. The Labute approximate surface area is 120 Å². The summed E-state index contributed by atoms with van der Waals surface area (Å²) in [7, 11) is 4.15. The Hall–Kier alpha value is -2.44. The summed E-state index contributed by atoms with van der Waals surface area (Å²) in [5.41, 5.74) is 0.592. The monoisotopic (exact) mass is 294 g/mol. The highest BCUT2D eigenvalue weighted by Crippen LogP contribution is 2.26. The van der Waals surface area contributed by atoms with Crippen LogP contribution in [0.3, 0.4) is 0 Å². The number of benzene rings is 1. The predicted molar refractivity (Wildman–Crippen MR) is 72.3 cm³/mol. The number of hydrogen-bond donors (Lipinski definition) is 0. The van der Waals surface area contributed by atoms with Crippen molar-refractivity contribution in [3.63, 3.8) is 0 Å². The number of fused-ring (bicyclic) bond motifs is 1. The van der Waals surface area contributed by atoms with Gasteiger partial charge in [0, 0.05) is 36.7 Å². The molecule has 0 radical (unpaired) electrons. The molecule has 0 atom stereocenters. The summed E-state index contributed by atoms with van der Waals surface area (Å²) in [5, 5.41) is 4.57. The van der Waals surface area contributed by atoms with Crippen molar-refractivity contribution in [1.29, 1.82) is 0 Å². The second-order valence-corrected chi connectivity index (χ2v) is 4.52. The van der Waals surface area contributed by atoms with Crippen LogP contribution in [-0.2, 0) is 27.7 Å². The summed E-state index contributed by atoms with van der Waals surface area (Å²) in [6.07, 6.45) is 1.64. The maximum atomic E-state index is 14.2. The third-order valence-electron chi connectivity index (χ3n) is 3.18. The van der Waals surface area contributed by atoms with Crippen LogP contribution in [0.4, 0.5) is 4.39 Å². The van der Waals surface area contributed by atoms with Crippen LogP contribution < -0.4 is 0 Å². The van der Waals surface area contributed by atoms with Gasteiger partial charge in [-0.1, -0.05) is 0 Å². The van der Waals surface area contributed by atoms with Gasteiger partial charge in [-0.05, 0) is 6.42 Å². The van der Waals surface area contributed by atoms with Gasteiger partial charge in [0.15, 0.2) is 0 Å². The van der Waals surface area contributed by atoms with E-state index in [2.05, 4.69) is 9.84 Å². The van der Waals surface area contributed by atoms with Crippen molar-refractivity contribution >= 4 is 22.8 Å². The molecule has 0 aliphatic carbocycles. The van der Waals surface area contributed by atoms with E-state index in [4.69, 9.17) is 4.74 Å². The van der Waals surface area contributed by atoms with Gasteiger partial charge >= 0.3 is 11.9 Å². The fourth-order valence-electron chi connectivity index (χ4n) is 2.20. The molecule has 0 bridgehead atoms. The summed E-state index contributed by atoms with van der Waals surface area (Å²) in [4.78, 5) is 23.2. The molecular formula is C14H15FN2O4. The molecule has 0 aliphatic rings. The largest absolute Gasteiger partial charge is 0.469 e. The van der Waals surface area contributed by atoms with Crippen LogP contribution in [0, 0.1) is 5.82 Å². The quantitative estimate of drug-likeness (QED) is 0.801. The van der Waals surface area contributed by atoms with Crippen molar-refractivity contribution in [1.82, 2.24) is 9.78 Å². The first kappa shape index (κ1) is 15.0. The molecule has 2 aromatic rings. The van der Waals surface area contributed by atoms with Crippen molar-refractivity contribution in [3.05, 3.63) is 29.2 Å². The van der Waals surface area contributed by atoms with Crippen LogP contribution in [0.25, 0.3) is 10.9 Å². The van der Waals surface area contributed by atoms with Gasteiger partial charge in [-0.2, -0.15) is 5.10 Å². The number of halogens is 1.